The first-order valence-electron chi connectivity index (χ1n) is 5.60. The standard InChI is InChI=1S/C11H18F3N3/c1-5-17-9(4)10(8(3)16-17)7(2)15-6-11(12,13)14/h7,15H,5-6H2,1-4H3. The zero-order valence-corrected chi connectivity index (χ0v) is 10.5. The quantitative estimate of drug-likeness (QED) is 0.889. The number of hydrogen-bond donors (Lipinski definition) is 1. The highest BCUT2D eigenvalue weighted by Crippen LogP contribution is 2.22. The van der Waals surface area contributed by atoms with E-state index in [1.54, 1.807) is 11.6 Å². The Kier molecular flexibility index (Phi) is 4.19. The van der Waals surface area contributed by atoms with Gasteiger partial charge in [-0.3, -0.25) is 4.68 Å². The second kappa shape index (κ2) is 5.08. The number of alkyl halides is 3. The van der Waals surface area contributed by atoms with Crippen molar-refractivity contribution < 1.29 is 13.2 Å². The van der Waals surface area contributed by atoms with Crippen molar-refractivity contribution in [1.29, 1.82) is 0 Å². The molecule has 1 aromatic heterocycles. The van der Waals surface area contributed by atoms with Crippen LogP contribution >= 0.6 is 0 Å². The average Bonchev–Trinajstić information content (AvgIpc) is 2.49. The summed E-state index contributed by atoms with van der Waals surface area (Å²) in [5.41, 5.74) is 2.56. The van der Waals surface area contributed by atoms with Crippen LogP contribution in [0, 0.1) is 13.8 Å². The number of aromatic nitrogens is 2. The van der Waals surface area contributed by atoms with Gasteiger partial charge in [-0.25, -0.2) is 0 Å². The molecule has 1 N–H and O–H groups in total. The zero-order chi connectivity index (χ0) is 13.2. The Balaban J connectivity index is 2.82. The summed E-state index contributed by atoms with van der Waals surface area (Å²) in [6.45, 7) is 7.12. The molecule has 1 aromatic rings. The van der Waals surface area contributed by atoms with Gasteiger partial charge in [0.1, 0.15) is 0 Å². The topological polar surface area (TPSA) is 29.9 Å². The molecule has 0 spiro atoms. The Morgan fingerprint density at radius 1 is 1.35 bits per heavy atom. The average molecular weight is 249 g/mol. The van der Waals surface area contributed by atoms with Gasteiger partial charge in [0, 0.05) is 23.8 Å². The lowest BCUT2D eigenvalue weighted by Crippen LogP contribution is -2.31. The molecule has 1 heterocycles. The third-order valence-electron chi connectivity index (χ3n) is 2.78. The van der Waals surface area contributed by atoms with Crippen LogP contribution in [0.4, 0.5) is 13.2 Å². The molecule has 0 aliphatic heterocycles. The number of aryl methyl sites for hydroxylation is 2. The summed E-state index contributed by atoms with van der Waals surface area (Å²) in [6, 6.07) is -0.350. The third-order valence-corrected chi connectivity index (χ3v) is 2.78. The minimum atomic E-state index is -4.18. The Bertz CT molecular complexity index is 382. The third kappa shape index (κ3) is 3.46. The summed E-state index contributed by atoms with van der Waals surface area (Å²) in [7, 11) is 0. The van der Waals surface area contributed by atoms with Gasteiger partial charge in [-0.05, 0) is 27.7 Å². The first-order chi connectivity index (χ1) is 7.76. The van der Waals surface area contributed by atoms with Gasteiger partial charge >= 0.3 is 6.18 Å². The van der Waals surface area contributed by atoms with E-state index in [9.17, 15) is 13.2 Å². The summed E-state index contributed by atoms with van der Waals surface area (Å²) in [5, 5.41) is 6.77. The van der Waals surface area contributed by atoms with Gasteiger partial charge in [-0.15, -0.1) is 0 Å². The van der Waals surface area contributed by atoms with Crippen LogP contribution in [0.3, 0.4) is 0 Å². The van der Waals surface area contributed by atoms with Crippen molar-refractivity contribution in [1.82, 2.24) is 15.1 Å². The fourth-order valence-electron chi connectivity index (χ4n) is 2.02. The normalized spacial score (nSPS) is 14.1. The number of hydrogen-bond acceptors (Lipinski definition) is 2. The number of rotatable bonds is 4. The Morgan fingerprint density at radius 3 is 2.35 bits per heavy atom. The summed E-state index contributed by atoms with van der Waals surface area (Å²) in [6.07, 6.45) is -4.18. The van der Waals surface area contributed by atoms with Gasteiger partial charge < -0.3 is 5.32 Å². The highest BCUT2D eigenvalue weighted by molar-refractivity contribution is 5.27. The molecular formula is C11H18F3N3. The molecule has 17 heavy (non-hydrogen) atoms. The molecule has 0 aromatic carbocycles. The van der Waals surface area contributed by atoms with Crippen molar-refractivity contribution in [3.05, 3.63) is 17.0 Å². The molecule has 1 unspecified atom stereocenters. The van der Waals surface area contributed by atoms with Crippen molar-refractivity contribution in [2.75, 3.05) is 6.54 Å². The maximum absolute atomic E-state index is 12.1. The van der Waals surface area contributed by atoms with E-state index in [1.807, 2.05) is 20.8 Å². The van der Waals surface area contributed by atoms with Crippen LogP contribution in [0.25, 0.3) is 0 Å². The van der Waals surface area contributed by atoms with Gasteiger partial charge in [0.25, 0.3) is 0 Å². The lowest BCUT2D eigenvalue weighted by Gasteiger charge is -2.16. The van der Waals surface area contributed by atoms with Crippen molar-refractivity contribution in [3.63, 3.8) is 0 Å². The lowest BCUT2D eigenvalue weighted by molar-refractivity contribution is -0.126. The number of nitrogens with zero attached hydrogens (tertiary/aromatic N) is 2. The van der Waals surface area contributed by atoms with Crippen molar-refractivity contribution in [2.45, 2.75) is 46.5 Å². The van der Waals surface area contributed by atoms with E-state index in [-0.39, 0.29) is 6.04 Å². The molecule has 0 bridgehead atoms. The molecule has 0 aliphatic carbocycles. The fourth-order valence-corrected chi connectivity index (χ4v) is 2.02. The van der Waals surface area contributed by atoms with Crippen molar-refractivity contribution >= 4 is 0 Å². The van der Waals surface area contributed by atoms with E-state index < -0.39 is 12.7 Å². The zero-order valence-electron chi connectivity index (χ0n) is 10.5. The molecule has 0 amide bonds. The first kappa shape index (κ1) is 14.0. The Morgan fingerprint density at radius 2 is 1.94 bits per heavy atom. The van der Waals surface area contributed by atoms with Crippen LogP contribution in [0.1, 0.15) is 36.8 Å². The molecule has 1 atom stereocenters. The van der Waals surface area contributed by atoms with Crippen LogP contribution in [0.5, 0.6) is 0 Å². The molecule has 6 heteroatoms. The summed E-state index contributed by atoms with van der Waals surface area (Å²) >= 11 is 0. The molecule has 0 fully saturated rings. The number of halogens is 3. The van der Waals surface area contributed by atoms with Gasteiger partial charge in [0.2, 0.25) is 0 Å². The minimum Gasteiger partial charge on any atom is -0.302 e. The van der Waals surface area contributed by atoms with Crippen LogP contribution in [0.2, 0.25) is 0 Å². The van der Waals surface area contributed by atoms with Gasteiger partial charge in [0.15, 0.2) is 0 Å². The van der Waals surface area contributed by atoms with Crippen LogP contribution in [-0.4, -0.2) is 22.5 Å². The van der Waals surface area contributed by atoms with Gasteiger partial charge in [0.05, 0.1) is 12.2 Å². The van der Waals surface area contributed by atoms with E-state index in [1.165, 1.54) is 0 Å². The lowest BCUT2D eigenvalue weighted by atomic mass is 10.1. The van der Waals surface area contributed by atoms with E-state index in [2.05, 4.69) is 10.4 Å². The van der Waals surface area contributed by atoms with Crippen LogP contribution in [0.15, 0.2) is 0 Å². The Hall–Kier alpha value is -1.04. The molecule has 3 nitrogen and oxygen atoms in total. The number of nitrogens with one attached hydrogen (secondary N) is 1. The summed E-state index contributed by atoms with van der Waals surface area (Å²) < 4.78 is 38.2. The monoisotopic (exact) mass is 249 g/mol. The summed E-state index contributed by atoms with van der Waals surface area (Å²) in [5.74, 6) is 0. The molecule has 0 radical (unpaired) electrons. The predicted octanol–water partition coefficient (Wildman–Crippen LogP) is 2.73. The maximum Gasteiger partial charge on any atom is 0.401 e. The van der Waals surface area contributed by atoms with E-state index >= 15 is 0 Å². The van der Waals surface area contributed by atoms with E-state index in [4.69, 9.17) is 0 Å². The van der Waals surface area contributed by atoms with Gasteiger partial charge in [-0.2, -0.15) is 18.3 Å². The Labute approximate surface area is 99.0 Å². The molecule has 98 valence electrons. The molecule has 0 saturated carbocycles. The summed E-state index contributed by atoms with van der Waals surface area (Å²) in [4.78, 5) is 0. The van der Waals surface area contributed by atoms with Crippen molar-refractivity contribution in [3.8, 4) is 0 Å². The molecular weight excluding hydrogens is 231 g/mol. The molecule has 0 saturated heterocycles. The highest BCUT2D eigenvalue weighted by Gasteiger charge is 2.28. The van der Waals surface area contributed by atoms with Crippen LogP contribution in [-0.2, 0) is 6.54 Å². The van der Waals surface area contributed by atoms with E-state index in [0.717, 1.165) is 23.5 Å². The molecule has 1 rings (SSSR count). The predicted molar refractivity (Wildman–Crippen MR) is 59.8 cm³/mol. The smallest absolute Gasteiger partial charge is 0.302 e. The maximum atomic E-state index is 12.1. The highest BCUT2D eigenvalue weighted by atomic mass is 19.4. The fraction of sp³-hybridized carbons (Fsp3) is 0.727. The molecule has 0 aliphatic rings. The second-order valence-corrected chi connectivity index (χ2v) is 4.12. The SMILES string of the molecule is CCn1nc(C)c(C(C)NCC(F)(F)F)c1C. The second-order valence-electron chi connectivity index (χ2n) is 4.12. The minimum absolute atomic E-state index is 0.350. The van der Waals surface area contributed by atoms with E-state index in [0.29, 0.717) is 0 Å². The van der Waals surface area contributed by atoms with Gasteiger partial charge in [-0.1, -0.05) is 0 Å². The first-order valence-corrected chi connectivity index (χ1v) is 5.60. The largest absolute Gasteiger partial charge is 0.401 e. The van der Waals surface area contributed by atoms with Crippen LogP contribution < -0.4 is 5.32 Å². The van der Waals surface area contributed by atoms with Crippen molar-refractivity contribution in [2.24, 2.45) is 0 Å².